The van der Waals surface area contributed by atoms with E-state index in [1.54, 1.807) is 25.2 Å². The Labute approximate surface area is 173 Å². The molecule has 3 heterocycles. The number of thiazole rings is 1. The zero-order valence-corrected chi connectivity index (χ0v) is 17.3. The second kappa shape index (κ2) is 8.26. The van der Waals surface area contributed by atoms with E-state index in [1.165, 1.54) is 11.3 Å². The molecule has 0 unspecified atom stereocenters. The van der Waals surface area contributed by atoms with Crippen molar-refractivity contribution in [2.45, 2.75) is 12.3 Å². The average Bonchev–Trinajstić information content (AvgIpc) is 3.39. The maximum absolute atomic E-state index is 12.9. The van der Waals surface area contributed by atoms with E-state index in [4.69, 9.17) is 4.98 Å². The fraction of sp³-hybridized carbons (Fsp3) is 0.333. The fourth-order valence-electron chi connectivity index (χ4n) is 3.59. The van der Waals surface area contributed by atoms with Crippen LogP contribution < -0.4 is 5.32 Å². The average molecular weight is 410 g/mol. The van der Waals surface area contributed by atoms with Crippen LogP contribution in [0.1, 0.15) is 28.4 Å². The van der Waals surface area contributed by atoms with E-state index in [1.807, 2.05) is 35.7 Å². The lowest BCUT2D eigenvalue weighted by Crippen LogP contribution is -2.35. The highest BCUT2D eigenvalue weighted by molar-refractivity contribution is 7.13. The molecule has 8 heteroatoms. The van der Waals surface area contributed by atoms with E-state index >= 15 is 0 Å². The Bertz CT molecular complexity index is 1030. The van der Waals surface area contributed by atoms with E-state index in [0.29, 0.717) is 17.2 Å². The van der Waals surface area contributed by atoms with Crippen LogP contribution in [0.2, 0.25) is 0 Å². The summed E-state index contributed by atoms with van der Waals surface area (Å²) in [6, 6.07) is 9.58. The number of benzene rings is 1. The van der Waals surface area contributed by atoms with Crippen molar-refractivity contribution in [1.82, 2.24) is 19.8 Å². The monoisotopic (exact) mass is 409 g/mol. The van der Waals surface area contributed by atoms with Crippen LogP contribution in [0.15, 0.2) is 41.9 Å². The molecule has 1 saturated heterocycles. The second-order valence-corrected chi connectivity index (χ2v) is 8.31. The minimum Gasteiger partial charge on any atom is -0.348 e. The summed E-state index contributed by atoms with van der Waals surface area (Å²) in [7, 11) is 3.54. The van der Waals surface area contributed by atoms with Crippen molar-refractivity contribution in [3.05, 3.63) is 53.2 Å². The molecule has 0 radical (unpaired) electrons. The van der Waals surface area contributed by atoms with Gasteiger partial charge in [0.2, 0.25) is 5.91 Å². The molecule has 1 aliphatic heterocycles. The molecule has 0 aliphatic carbocycles. The first kappa shape index (κ1) is 19.5. The Balaban J connectivity index is 1.60. The molecule has 2 amide bonds. The van der Waals surface area contributed by atoms with Gasteiger partial charge in [-0.1, -0.05) is 18.2 Å². The number of pyridine rings is 1. The molecule has 29 heavy (non-hydrogen) atoms. The first-order chi connectivity index (χ1) is 14.0. The molecular weight excluding hydrogens is 386 g/mol. The molecule has 1 fully saturated rings. The van der Waals surface area contributed by atoms with Gasteiger partial charge in [-0.3, -0.25) is 24.8 Å². The number of carbonyl (C=O) groups is 2. The molecule has 3 aromatic rings. The van der Waals surface area contributed by atoms with Crippen molar-refractivity contribution in [3.63, 3.8) is 0 Å². The number of fused-ring (bicyclic) bond motifs is 1. The van der Waals surface area contributed by atoms with Crippen LogP contribution in [-0.2, 0) is 4.79 Å². The summed E-state index contributed by atoms with van der Waals surface area (Å²) in [6.45, 7) is 2.02. The predicted octanol–water partition coefficient (Wildman–Crippen LogP) is 2.82. The number of aromatic nitrogens is 2. The van der Waals surface area contributed by atoms with Gasteiger partial charge in [0.05, 0.1) is 17.6 Å². The van der Waals surface area contributed by atoms with Crippen LogP contribution in [0, 0.1) is 0 Å². The third-order valence-corrected chi connectivity index (χ3v) is 5.87. The Hall–Kier alpha value is -2.84. The van der Waals surface area contributed by atoms with Crippen LogP contribution in [0.3, 0.4) is 0 Å². The third-order valence-electron chi connectivity index (χ3n) is 5.18. The lowest BCUT2D eigenvalue weighted by molar-refractivity contribution is -0.129. The Morgan fingerprint density at radius 1 is 1.31 bits per heavy atom. The molecule has 1 aromatic carbocycles. The lowest BCUT2D eigenvalue weighted by atomic mass is 9.99. The highest BCUT2D eigenvalue weighted by Crippen LogP contribution is 2.29. The van der Waals surface area contributed by atoms with Gasteiger partial charge >= 0.3 is 0 Å². The topological polar surface area (TPSA) is 78.4 Å². The normalized spacial score (nSPS) is 16.8. The smallest absolute Gasteiger partial charge is 0.258 e. The van der Waals surface area contributed by atoms with Crippen molar-refractivity contribution in [2.24, 2.45) is 0 Å². The summed E-state index contributed by atoms with van der Waals surface area (Å²) in [5.41, 5.74) is 2.30. The number of nitrogens with one attached hydrogen (secondary N) is 1. The summed E-state index contributed by atoms with van der Waals surface area (Å²) >= 11 is 1.39. The van der Waals surface area contributed by atoms with Gasteiger partial charge in [0.15, 0.2) is 5.13 Å². The molecule has 7 nitrogen and oxygen atoms in total. The van der Waals surface area contributed by atoms with E-state index < -0.39 is 0 Å². The highest BCUT2D eigenvalue weighted by atomic mass is 32.1. The van der Waals surface area contributed by atoms with Crippen molar-refractivity contribution in [3.8, 4) is 0 Å². The van der Waals surface area contributed by atoms with Crippen LogP contribution in [-0.4, -0.2) is 65.3 Å². The number of likely N-dealkylation sites (tertiary alicyclic amines) is 1. The van der Waals surface area contributed by atoms with E-state index in [9.17, 15) is 9.59 Å². The number of hydrogen-bond acceptors (Lipinski definition) is 6. The minimum atomic E-state index is -0.183. The van der Waals surface area contributed by atoms with Crippen LogP contribution in [0.5, 0.6) is 0 Å². The van der Waals surface area contributed by atoms with E-state index in [-0.39, 0.29) is 17.7 Å². The maximum Gasteiger partial charge on any atom is 0.258 e. The molecule has 0 saturated carbocycles. The van der Waals surface area contributed by atoms with Gasteiger partial charge in [-0.2, -0.15) is 0 Å². The molecule has 0 bridgehead atoms. The first-order valence-electron chi connectivity index (χ1n) is 9.54. The number of hydrogen-bond donors (Lipinski definition) is 1. The molecule has 1 aliphatic rings. The highest BCUT2D eigenvalue weighted by Gasteiger charge is 2.28. The molecule has 1 atom stereocenters. The van der Waals surface area contributed by atoms with Crippen molar-refractivity contribution in [2.75, 3.05) is 39.0 Å². The predicted molar refractivity (Wildman–Crippen MR) is 114 cm³/mol. The zero-order valence-electron chi connectivity index (χ0n) is 16.5. The molecular formula is C21H23N5O2S. The number of anilines is 1. The largest absolute Gasteiger partial charge is 0.348 e. The molecule has 1 N–H and O–H groups in total. The SMILES string of the molecule is CN(C)C(=O)CN1CC[C@@H](c2cc(C(=O)Nc3nccs3)c3ccccc3n2)C1. The van der Waals surface area contributed by atoms with Gasteiger partial charge in [0.1, 0.15) is 0 Å². The van der Waals surface area contributed by atoms with Crippen molar-refractivity contribution >= 4 is 39.2 Å². The fourth-order valence-corrected chi connectivity index (χ4v) is 4.12. The van der Waals surface area contributed by atoms with Gasteiger partial charge in [0.25, 0.3) is 5.91 Å². The standard InChI is InChI=1S/C21H23N5O2S/c1-25(2)19(27)13-26-9-7-14(12-26)18-11-16(15-5-3-4-6-17(15)23-18)20(28)24-21-22-8-10-29-21/h3-6,8,10-11,14H,7,9,12-13H2,1-2H3,(H,22,24,28)/t14-/m1/s1. The third kappa shape index (κ3) is 4.28. The first-order valence-corrected chi connectivity index (χ1v) is 10.4. The van der Waals surface area contributed by atoms with Crippen LogP contribution in [0.4, 0.5) is 5.13 Å². The number of rotatable bonds is 5. The molecule has 150 valence electrons. The molecule has 4 rings (SSSR count). The summed E-state index contributed by atoms with van der Waals surface area (Å²) in [4.78, 5) is 37.7. The Morgan fingerprint density at radius 3 is 2.90 bits per heavy atom. The van der Waals surface area contributed by atoms with Crippen LogP contribution in [0.25, 0.3) is 10.9 Å². The summed E-state index contributed by atoms with van der Waals surface area (Å²) < 4.78 is 0. The van der Waals surface area contributed by atoms with Gasteiger partial charge in [-0.15, -0.1) is 11.3 Å². The van der Waals surface area contributed by atoms with Gasteiger partial charge < -0.3 is 4.90 Å². The van der Waals surface area contributed by atoms with Gasteiger partial charge in [-0.25, -0.2) is 4.98 Å². The summed E-state index contributed by atoms with van der Waals surface area (Å²) in [5.74, 6) is 0.110. The number of para-hydroxylation sites is 1. The summed E-state index contributed by atoms with van der Waals surface area (Å²) in [5, 5.41) is 6.10. The summed E-state index contributed by atoms with van der Waals surface area (Å²) in [6.07, 6.45) is 2.58. The molecule has 2 aromatic heterocycles. The lowest BCUT2D eigenvalue weighted by Gasteiger charge is -2.18. The maximum atomic E-state index is 12.9. The number of amides is 2. The second-order valence-electron chi connectivity index (χ2n) is 7.41. The van der Waals surface area contributed by atoms with Gasteiger partial charge in [-0.05, 0) is 25.1 Å². The van der Waals surface area contributed by atoms with E-state index in [2.05, 4.69) is 15.2 Å². The Morgan fingerprint density at radius 2 is 2.14 bits per heavy atom. The van der Waals surface area contributed by atoms with Crippen molar-refractivity contribution < 1.29 is 9.59 Å². The number of carbonyl (C=O) groups excluding carboxylic acids is 2. The molecule has 0 spiro atoms. The van der Waals surface area contributed by atoms with Gasteiger partial charge in [0, 0.05) is 49.2 Å². The quantitative estimate of drug-likeness (QED) is 0.701. The van der Waals surface area contributed by atoms with Crippen LogP contribution >= 0.6 is 11.3 Å². The Kier molecular flexibility index (Phi) is 5.55. The van der Waals surface area contributed by atoms with E-state index in [0.717, 1.165) is 36.1 Å². The number of nitrogens with zero attached hydrogens (tertiary/aromatic N) is 4. The number of likely N-dealkylation sites (N-methyl/N-ethyl adjacent to an activating group) is 1. The zero-order chi connectivity index (χ0) is 20.4. The van der Waals surface area contributed by atoms with Crippen molar-refractivity contribution in [1.29, 1.82) is 0 Å². The minimum absolute atomic E-state index is 0.0978.